The quantitative estimate of drug-likeness (QED) is 0.693. The predicted molar refractivity (Wildman–Crippen MR) is 101 cm³/mol. The Kier molecular flexibility index (Phi) is 7.30. The number of hydrogen-bond acceptors (Lipinski definition) is 3. The number of ether oxygens (including phenoxy) is 1. The predicted octanol–water partition coefficient (Wildman–Crippen LogP) is 3.71. The molecule has 144 valence electrons. The maximum Gasteiger partial charge on any atom is 0.222 e. The summed E-state index contributed by atoms with van der Waals surface area (Å²) in [7, 11) is 0. The average molecular weight is 362 g/mol. The molecule has 2 fully saturated rings. The molecular formula is C21H31FN2O2. The van der Waals surface area contributed by atoms with E-state index in [-0.39, 0.29) is 5.82 Å². The van der Waals surface area contributed by atoms with Crippen LogP contribution in [0.3, 0.4) is 0 Å². The summed E-state index contributed by atoms with van der Waals surface area (Å²) in [6.07, 6.45) is 8.10. The summed E-state index contributed by atoms with van der Waals surface area (Å²) < 4.78 is 18.5. The highest BCUT2D eigenvalue weighted by Gasteiger charge is 2.24. The van der Waals surface area contributed by atoms with Crippen molar-refractivity contribution >= 4 is 5.91 Å². The number of amides is 1. The van der Waals surface area contributed by atoms with Crippen molar-refractivity contribution in [1.82, 2.24) is 9.80 Å². The van der Waals surface area contributed by atoms with Crippen LogP contribution in [-0.4, -0.2) is 55.0 Å². The first-order valence-electron chi connectivity index (χ1n) is 10.1. The van der Waals surface area contributed by atoms with Crippen molar-refractivity contribution in [3.63, 3.8) is 0 Å². The lowest BCUT2D eigenvalue weighted by Gasteiger charge is -2.35. The summed E-state index contributed by atoms with van der Waals surface area (Å²) in [5.41, 5.74) is 0. The number of rotatable bonds is 7. The lowest BCUT2D eigenvalue weighted by Crippen LogP contribution is -2.49. The molecule has 1 amide bonds. The monoisotopic (exact) mass is 362 g/mol. The van der Waals surface area contributed by atoms with Crippen molar-refractivity contribution in [3.05, 3.63) is 30.1 Å². The third-order valence-electron chi connectivity index (χ3n) is 5.61. The minimum Gasteiger partial charge on any atom is -0.494 e. The highest BCUT2D eigenvalue weighted by molar-refractivity contribution is 5.76. The van der Waals surface area contributed by atoms with Crippen LogP contribution in [0.15, 0.2) is 24.3 Å². The Morgan fingerprint density at radius 3 is 2.42 bits per heavy atom. The summed E-state index contributed by atoms with van der Waals surface area (Å²) in [6.45, 7) is 5.22. The standard InChI is InChI=1S/C21H31FN2O2/c22-19-7-9-20(10-8-19)26-16-4-11-23-12-14-24(15-13-23)21(25)17-18-5-2-1-3-6-18/h7-10,18H,1-6,11-17H2. The van der Waals surface area contributed by atoms with Crippen molar-refractivity contribution in [1.29, 1.82) is 0 Å². The molecule has 0 N–H and O–H groups in total. The van der Waals surface area contributed by atoms with Gasteiger partial charge in [-0.25, -0.2) is 4.39 Å². The molecule has 0 atom stereocenters. The van der Waals surface area contributed by atoms with Crippen molar-refractivity contribution < 1.29 is 13.9 Å². The average Bonchev–Trinajstić information content (AvgIpc) is 2.68. The smallest absolute Gasteiger partial charge is 0.222 e. The van der Waals surface area contributed by atoms with E-state index in [1.54, 1.807) is 12.1 Å². The second kappa shape index (κ2) is 9.91. The van der Waals surface area contributed by atoms with E-state index < -0.39 is 0 Å². The fraction of sp³-hybridized carbons (Fsp3) is 0.667. The third kappa shape index (κ3) is 5.97. The summed E-state index contributed by atoms with van der Waals surface area (Å²) in [5.74, 6) is 1.45. The van der Waals surface area contributed by atoms with Gasteiger partial charge in [0, 0.05) is 39.1 Å². The van der Waals surface area contributed by atoms with Gasteiger partial charge in [0.05, 0.1) is 6.61 Å². The zero-order valence-electron chi connectivity index (χ0n) is 15.7. The van der Waals surface area contributed by atoms with Crippen LogP contribution in [-0.2, 0) is 4.79 Å². The van der Waals surface area contributed by atoms with E-state index in [0.29, 0.717) is 24.2 Å². The van der Waals surface area contributed by atoms with Gasteiger partial charge in [-0.2, -0.15) is 0 Å². The molecule has 0 bridgehead atoms. The molecule has 2 aliphatic rings. The van der Waals surface area contributed by atoms with E-state index >= 15 is 0 Å². The molecule has 1 heterocycles. The van der Waals surface area contributed by atoms with Gasteiger partial charge < -0.3 is 9.64 Å². The lowest BCUT2D eigenvalue weighted by molar-refractivity contribution is -0.134. The van der Waals surface area contributed by atoms with E-state index in [0.717, 1.165) is 45.6 Å². The fourth-order valence-electron chi connectivity index (χ4n) is 4.00. The zero-order valence-corrected chi connectivity index (χ0v) is 15.7. The topological polar surface area (TPSA) is 32.8 Å². The van der Waals surface area contributed by atoms with E-state index in [9.17, 15) is 9.18 Å². The minimum absolute atomic E-state index is 0.242. The molecule has 0 unspecified atom stereocenters. The molecule has 1 aromatic carbocycles. The summed E-state index contributed by atoms with van der Waals surface area (Å²) in [4.78, 5) is 16.9. The molecule has 1 saturated heterocycles. The summed E-state index contributed by atoms with van der Waals surface area (Å²) in [6, 6.07) is 6.15. The van der Waals surface area contributed by atoms with Crippen LogP contribution < -0.4 is 4.74 Å². The molecule has 0 aromatic heterocycles. The number of carbonyl (C=O) groups is 1. The Labute approximate surface area is 156 Å². The van der Waals surface area contributed by atoms with Crippen molar-refractivity contribution in [2.45, 2.75) is 44.9 Å². The van der Waals surface area contributed by atoms with Gasteiger partial charge in [-0.3, -0.25) is 9.69 Å². The molecule has 1 aromatic rings. The van der Waals surface area contributed by atoms with Gasteiger partial charge in [0.2, 0.25) is 5.91 Å². The van der Waals surface area contributed by atoms with Gasteiger partial charge >= 0.3 is 0 Å². The maximum absolute atomic E-state index is 12.8. The van der Waals surface area contributed by atoms with Crippen molar-refractivity contribution in [2.75, 3.05) is 39.3 Å². The van der Waals surface area contributed by atoms with Gasteiger partial charge in [-0.1, -0.05) is 19.3 Å². The number of halogens is 1. The van der Waals surface area contributed by atoms with Crippen LogP contribution in [0.2, 0.25) is 0 Å². The Balaban J connectivity index is 1.28. The Hall–Kier alpha value is -1.62. The first-order valence-corrected chi connectivity index (χ1v) is 10.1. The Bertz CT molecular complexity index is 550. The van der Waals surface area contributed by atoms with E-state index in [2.05, 4.69) is 9.80 Å². The molecule has 1 aliphatic carbocycles. The van der Waals surface area contributed by atoms with E-state index in [1.807, 2.05) is 0 Å². The van der Waals surface area contributed by atoms with Gasteiger partial charge in [0.25, 0.3) is 0 Å². The molecule has 1 saturated carbocycles. The van der Waals surface area contributed by atoms with E-state index in [1.165, 1.54) is 44.2 Å². The molecule has 1 aliphatic heterocycles. The molecule has 3 rings (SSSR count). The van der Waals surface area contributed by atoms with E-state index in [4.69, 9.17) is 4.74 Å². The third-order valence-corrected chi connectivity index (χ3v) is 5.61. The lowest BCUT2D eigenvalue weighted by atomic mass is 9.86. The van der Waals surface area contributed by atoms with Crippen LogP contribution in [0.4, 0.5) is 4.39 Å². The number of piperazine rings is 1. The Morgan fingerprint density at radius 2 is 1.73 bits per heavy atom. The second-order valence-electron chi connectivity index (χ2n) is 7.59. The molecule has 0 radical (unpaired) electrons. The van der Waals surface area contributed by atoms with Crippen LogP contribution in [0, 0.1) is 11.7 Å². The largest absolute Gasteiger partial charge is 0.494 e. The van der Waals surface area contributed by atoms with Crippen LogP contribution >= 0.6 is 0 Å². The minimum atomic E-state index is -0.242. The van der Waals surface area contributed by atoms with Crippen molar-refractivity contribution in [3.8, 4) is 5.75 Å². The van der Waals surface area contributed by atoms with Crippen molar-refractivity contribution in [2.24, 2.45) is 5.92 Å². The van der Waals surface area contributed by atoms with Gasteiger partial charge in [0.15, 0.2) is 0 Å². The van der Waals surface area contributed by atoms with Gasteiger partial charge in [-0.15, -0.1) is 0 Å². The summed E-state index contributed by atoms with van der Waals surface area (Å²) in [5, 5.41) is 0. The first kappa shape index (κ1) is 19.2. The highest BCUT2D eigenvalue weighted by Crippen LogP contribution is 2.27. The number of hydrogen-bond donors (Lipinski definition) is 0. The normalized spacial score (nSPS) is 19.5. The zero-order chi connectivity index (χ0) is 18.2. The highest BCUT2D eigenvalue weighted by atomic mass is 19.1. The molecular weight excluding hydrogens is 331 g/mol. The molecule has 26 heavy (non-hydrogen) atoms. The first-order chi connectivity index (χ1) is 12.7. The number of nitrogens with zero attached hydrogens (tertiary/aromatic N) is 2. The van der Waals surface area contributed by atoms with Crippen LogP contribution in [0.25, 0.3) is 0 Å². The number of carbonyl (C=O) groups excluding carboxylic acids is 1. The van der Waals surface area contributed by atoms with Gasteiger partial charge in [-0.05, 0) is 49.4 Å². The fourth-order valence-corrected chi connectivity index (χ4v) is 4.00. The maximum atomic E-state index is 12.8. The number of benzene rings is 1. The molecule has 5 heteroatoms. The van der Waals surface area contributed by atoms with Crippen LogP contribution in [0.1, 0.15) is 44.9 Å². The Morgan fingerprint density at radius 1 is 1.04 bits per heavy atom. The van der Waals surface area contributed by atoms with Gasteiger partial charge in [0.1, 0.15) is 11.6 Å². The summed E-state index contributed by atoms with van der Waals surface area (Å²) >= 11 is 0. The van der Waals surface area contributed by atoms with Crippen LogP contribution in [0.5, 0.6) is 5.75 Å². The SMILES string of the molecule is O=C(CC1CCCCC1)N1CCN(CCCOc2ccc(F)cc2)CC1. The second-order valence-corrected chi connectivity index (χ2v) is 7.59. The molecule has 0 spiro atoms. The molecule has 4 nitrogen and oxygen atoms in total.